The fourth-order valence-corrected chi connectivity index (χ4v) is 15.6. The molecule has 4 heteroatoms. The van der Waals surface area contributed by atoms with E-state index in [0.717, 1.165) is 17.8 Å². The van der Waals surface area contributed by atoms with Gasteiger partial charge in [0.05, 0.1) is 11.4 Å². The highest BCUT2D eigenvalue weighted by molar-refractivity contribution is 7.00. The summed E-state index contributed by atoms with van der Waals surface area (Å²) >= 11 is 0. The maximum atomic E-state index is 2.65. The number of para-hydroxylation sites is 3. The maximum absolute atomic E-state index is 2.65. The second-order valence-electron chi connectivity index (χ2n) is 23.9. The van der Waals surface area contributed by atoms with E-state index in [-0.39, 0.29) is 23.0 Å². The Bertz CT molecular complexity index is 3140. The van der Waals surface area contributed by atoms with Crippen molar-refractivity contribution >= 4 is 74.3 Å². The first-order chi connectivity index (χ1) is 32.4. The van der Waals surface area contributed by atoms with Crippen molar-refractivity contribution in [2.45, 2.75) is 115 Å². The molecule has 3 heterocycles. The molecule has 0 aromatic heterocycles. The van der Waals surface area contributed by atoms with E-state index in [9.17, 15) is 0 Å². The third-order valence-corrected chi connectivity index (χ3v) is 18.6. The van der Waals surface area contributed by atoms with Gasteiger partial charge in [-0.15, -0.1) is 0 Å². The van der Waals surface area contributed by atoms with E-state index < -0.39 is 0 Å². The van der Waals surface area contributed by atoms with Crippen LogP contribution in [0.3, 0.4) is 0 Å². The molecule has 0 amide bonds. The normalized spacial score (nSPS) is 24.8. The predicted octanol–water partition coefficient (Wildman–Crippen LogP) is 14.7. The molecular formula is C63H62BN3. The van der Waals surface area contributed by atoms with Gasteiger partial charge in [0.1, 0.15) is 0 Å². The van der Waals surface area contributed by atoms with Gasteiger partial charge in [0, 0.05) is 45.2 Å². The van der Waals surface area contributed by atoms with Gasteiger partial charge in [-0.25, -0.2) is 0 Å². The molecule has 0 radical (unpaired) electrons. The van der Waals surface area contributed by atoms with E-state index in [1.54, 1.807) is 5.56 Å². The Hall–Kier alpha value is -6.00. The lowest BCUT2D eigenvalue weighted by molar-refractivity contribution is -0.00518. The molecule has 0 atom stereocenters. The molecule has 7 aromatic rings. The molecule has 7 aromatic carbocycles. The molecule has 4 saturated carbocycles. The second-order valence-corrected chi connectivity index (χ2v) is 23.9. The average molecular weight is 872 g/mol. The quantitative estimate of drug-likeness (QED) is 0.163. The second kappa shape index (κ2) is 13.8. The van der Waals surface area contributed by atoms with Crippen molar-refractivity contribution in [1.29, 1.82) is 0 Å². The van der Waals surface area contributed by atoms with Gasteiger partial charge in [-0.2, -0.15) is 0 Å². The third-order valence-electron chi connectivity index (χ3n) is 18.6. The SMILES string of the molecule is CC1(C)CCC(C)(C)c2cc(N3c4ccccc4B4c5cc6c(cc5N(c5ccc(C78CC9CC(CC(C9)C7)C8)cc5)c5cccc3c54)N(c3ccccc3)c3ccccc3C6(C)C)ccc21. The molecule has 0 N–H and O–H groups in total. The fraction of sp³-hybridized carbons (Fsp3) is 0.333. The van der Waals surface area contributed by atoms with Crippen molar-refractivity contribution in [3.8, 4) is 0 Å². The summed E-state index contributed by atoms with van der Waals surface area (Å²) in [6, 6.07) is 59.4. The fourth-order valence-electron chi connectivity index (χ4n) is 15.6. The summed E-state index contributed by atoms with van der Waals surface area (Å²) in [7, 11) is 0. The molecule has 4 fully saturated rings. The molecule has 67 heavy (non-hydrogen) atoms. The van der Waals surface area contributed by atoms with Crippen LogP contribution in [0.2, 0.25) is 0 Å². The standard InChI is InChI=1S/C63H62BN3/c1-60(2)29-30-61(3,4)49-34-46(27-28-47(49)60)67-54-20-13-11-18-51(54)64-52-35-50-57(65(44-15-8-7-9-16-44)53-19-12-10-17-48(53)62(50,5)6)36-58(52)66(55-21-14-22-56(67)59(55)64)45-25-23-43(24-26-45)63-37-40-31-41(38-63)33-42(32-40)39-63/h7-28,34-36,40-42H,29-33,37-39H2,1-6H3. The monoisotopic (exact) mass is 872 g/mol. The summed E-state index contributed by atoms with van der Waals surface area (Å²) in [6.45, 7) is 14.7. The van der Waals surface area contributed by atoms with Gasteiger partial charge in [0.2, 0.25) is 0 Å². The van der Waals surface area contributed by atoms with Crippen molar-refractivity contribution in [2.75, 3.05) is 14.7 Å². The predicted molar refractivity (Wildman–Crippen MR) is 282 cm³/mol. The summed E-state index contributed by atoms with van der Waals surface area (Å²) in [6.07, 6.45) is 10.9. The van der Waals surface area contributed by atoms with E-state index in [4.69, 9.17) is 0 Å². The number of benzene rings is 7. The van der Waals surface area contributed by atoms with Crippen molar-refractivity contribution < 1.29 is 0 Å². The van der Waals surface area contributed by atoms with Crippen LogP contribution < -0.4 is 31.1 Å². The smallest absolute Gasteiger partial charge is 0.252 e. The molecule has 3 nitrogen and oxygen atoms in total. The first kappa shape index (κ1) is 40.1. The average Bonchev–Trinajstić information content (AvgIpc) is 3.33. The van der Waals surface area contributed by atoms with Crippen LogP contribution in [0.25, 0.3) is 0 Å². The summed E-state index contributed by atoms with van der Waals surface area (Å²) < 4.78 is 0. The van der Waals surface area contributed by atoms with Crippen LogP contribution in [-0.2, 0) is 21.7 Å². The number of hydrogen-bond acceptors (Lipinski definition) is 3. The number of rotatable bonds is 4. The van der Waals surface area contributed by atoms with Crippen molar-refractivity contribution in [2.24, 2.45) is 17.8 Å². The topological polar surface area (TPSA) is 9.72 Å². The highest BCUT2D eigenvalue weighted by Crippen LogP contribution is 2.61. The molecular weight excluding hydrogens is 810 g/mol. The Labute approximate surface area is 398 Å². The molecule has 0 spiro atoms. The Morgan fingerprint density at radius 3 is 1.66 bits per heavy atom. The van der Waals surface area contributed by atoms with Gasteiger partial charge >= 0.3 is 0 Å². The number of nitrogens with zero attached hydrogens (tertiary/aromatic N) is 3. The zero-order valence-corrected chi connectivity index (χ0v) is 40.2. The van der Waals surface area contributed by atoms with E-state index >= 15 is 0 Å². The van der Waals surface area contributed by atoms with E-state index in [1.165, 1.54) is 141 Å². The van der Waals surface area contributed by atoms with E-state index in [1.807, 2.05) is 0 Å². The van der Waals surface area contributed by atoms with Crippen LogP contribution in [0.4, 0.5) is 51.2 Å². The van der Waals surface area contributed by atoms with Crippen LogP contribution in [0.1, 0.15) is 121 Å². The van der Waals surface area contributed by atoms with E-state index in [2.05, 4.69) is 208 Å². The van der Waals surface area contributed by atoms with Crippen molar-refractivity contribution in [3.05, 3.63) is 179 Å². The van der Waals surface area contributed by atoms with Gasteiger partial charge in [-0.05, 0) is 196 Å². The first-order valence-corrected chi connectivity index (χ1v) is 25.6. The summed E-state index contributed by atoms with van der Waals surface area (Å²) in [4.78, 5) is 7.79. The maximum Gasteiger partial charge on any atom is 0.252 e. The Kier molecular flexibility index (Phi) is 8.27. The summed E-state index contributed by atoms with van der Waals surface area (Å²) in [5.41, 5.74) is 23.1. The lowest BCUT2D eigenvalue weighted by Crippen LogP contribution is -2.61. The Balaban J connectivity index is 1.01. The highest BCUT2D eigenvalue weighted by atomic mass is 15.2. The molecule has 0 unspecified atom stereocenters. The minimum Gasteiger partial charge on any atom is -0.311 e. The molecule has 8 aliphatic rings. The van der Waals surface area contributed by atoms with Gasteiger partial charge in [0.25, 0.3) is 6.71 Å². The van der Waals surface area contributed by atoms with Gasteiger partial charge in [-0.1, -0.05) is 126 Å². The number of fused-ring (bicyclic) bond motifs is 7. The number of hydrogen-bond donors (Lipinski definition) is 0. The van der Waals surface area contributed by atoms with Crippen LogP contribution in [0.5, 0.6) is 0 Å². The number of anilines is 9. The van der Waals surface area contributed by atoms with Crippen molar-refractivity contribution in [1.82, 2.24) is 0 Å². The molecule has 3 aliphatic heterocycles. The zero-order valence-electron chi connectivity index (χ0n) is 40.2. The minimum atomic E-state index is -0.236. The van der Waals surface area contributed by atoms with Crippen molar-refractivity contribution in [3.63, 3.8) is 0 Å². The largest absolute Gasteiger partial charge is 0.311 e. The molecule has 4 bridgehead atoms. The summed E-state index contributed by atoms with van der Waals surface area (Å²) in [5.74, 6) is 2.75. The zero-order chi connectivity index (χ0) is 45.2. The third kappa shape index (κ3) is 5.65. The summed E-state index contributed by atoms with van der Waals surface area (Å²) in [5, 5.41) is 0. The van der Waals surface area contributed by atoms with E-state index in [0.29, 0.717) is 5.41 Å². The molecule has 0 saturated heterocycles. The van der Waals surface area contributed by atoms with Crippen LogP contribution in [0, 0.1) is 17.8 Å². The lowest BCUT2D eigenvalue weighted by Gasteiger charge is -2.57. The van der Waals surface area contributed by atoms with Crippen LogP contribution in [-0.4, -0.2) is 6.71 Å². The first-order valence-electron chi connectivity index (χ1n) is 25.6. The highest BCUT2D eigenvalue weighted by Gasteiger charge is 2.52. The Morgan fingerprint density at radius 1 is 0.403 bits per heavy atom. The van der Waals surface area contributed by atoms with Gasteiger partial charge in [-0.3, -0.25) is 0 Å². The minimum absolute atomic E-state index is 0.0487. The lowest BCUT2D eigenvalue weighted by atomic mass is 9.33. The van der Waals surface area contributed by atoms with Crippen LogP contribution >= 0.6 is 0 Å². The molecule has 15 rings (SSSR count). The van der Waals surface area contributed by atoms with Gasteiger partial charge < -0.3 is 14.7 Å². The molecule has 332 valence electrons. The van der Waals surface area contributed by atoms with Crippen LogP contribution in [0.15, 0.2) is 152 Å². The molecule has 5 aliphatic carbocycles. The Morgan fingerprint density at radius 2 is 0.955 bits per heavy atom. The van der Waals surface area contributed by atoms with Gasteiger partial charge in [0.15, 0.2) is 0 Å².